The van der Waals surface area contributed by atoms with Crippen LogP contribution in [0.1, 0.15) is 73.5 Å². The van der Waals surface area contributed by atoms with Gasteiger partial charge in [-0.1, -0.05) is 46.3 Å². The number of non-ortho nitro benzene ring substituents is 1. The molecule has 1 aliphatic heterocycles. The molecule has 1 saturated heterocycles. The SMILES string of the molecule is C[C@@H]1C[C@H]2[C@@H]3CCC4=CC(=O)C=C[C@]4(C)[C@@]3(F)[C@@H](O)C[C@]2(C)[C@@]1(O)C(=O)COP(=O)(O)OC1[C@@H](COC(=O)Oc2ccc([N+](=O)[O-])cc2)O[C@@H](n2ccc(=O)[nH]c2=O)[C@H]1O[Si](C)(C)C(C)(C)C. The summed E-state index contributed by atoms with van der Waals surface area (Å²) in [6, 6.07) is 5.50. The zero-order chi connectivity index (χ0) is 49.4. The molecule has 2 heterocycles. The first-order valence-electron chi connectivity index (χ1n) is 22.0. The van der Waals surface area contributed by atoms with Gasteiger partial charge in [0.25, 0.3) is 11.2 Å². The first-order chi connectivity index (χ1) is 31.0. The van der Waals surface area contributed by atoms with Gasteiger partial charge in [0.15, 0.2) is 31.8 Å². The Morgan fingerprint density at radius 1 is 1.10 bits per heavy atom. The highest BCUT2D eigenvalue weighted by Gasteiger charge is 2.75. The predicted octanol–water partition coefficient (Wildman–Crippen LogP) is 5.37. The third-order valence-electron chi connectivity index (χ3n) is 15.5. The third-order valence-corrected chi connectivity index (χ3v) is 21.0. The number of alkyl halides is 1. The lowest BCUT2D eigenvalue weighted by Gasteiger charge is -2.62. The number of rotatable bonds is 13. The van der Waals surface area contributed by atoms with E-state index in [1.807, 2.05) is 33.9 Å². The molecule has 0 bridgehead atoms. The van der Waals surface area contributed by atoms with Crippen LogP contribution in [0, 0.1) is 38.7 Å². The molecule has 0 spiro atoms. The number of ketones is 2. The van der Waals surface area contributed by atoms with Gasteiger partial charge in [-0.2, -0.15) is 0 Å². The molecule has 0 amide bonds. The Labute approximate surface area is 385 Å². The fourth-order valence-corrected chi connectivity index (χ4v) is 13.1. The molecule has 2 aromatic rings. The number of fused-ring (bicyclic) bond motifs is 5. The highest BCUT2D eigenvalue weighted by molar-refractivity contribution is 7.47. The number of nitrogens with zero attached hydrogens (tertiary/aromatic N) is 2. The van der Waals surface area contributed by atoms with Crippen molar-refractivity contribution in [3.63, 3.8) is 0 Å². The van der Waals surface area contributed by atoms with E-state index in [2.05, 4.69) is 4.98 Å². The summed E-state index contributed by atoms with van der Waals surface area (Å²) in [5, 5.41) is 34.8. The zero-order valence-corrected chi connectivity index (χ0v) is 40.2. The maximum Gasteiger partial charge on any atom is 0.513 e. The van der Waals surface area contributed by atoms with Gasteiger partial charge in [-0.15, -0.1) is 0 Å². The minimum atomic E-state index is -5.45. The van der Waals surface area contributed by atoms with Crippen LogP contribution in [-0.4, -0.2) is 105 Å². The first-order valence-corrected chi connectivity index (χ1v) is 26.4. The lowest BCUT2D eigenvalue weighted by atomic mass is 9.44. The molecule has 4 fully saturated rings. The van der Waals surface area contributed by atoms with Crippen LogP contribution in [0.25, 0.3) is 0 Å². The summed E-state index contributed by atoms with van der Waals surface area (Å²) < 4.78 is 67.3. The molecule has 5 aliphatic rings. The number of hydrogen-bond acceptors (Lipinski definition) is 16. The Hall–Kier alpha value is -4.51. The number of carbonyl (C=O) groups is 3. The van der Waals surface area contributed by atoms with Crippen LogP contribution in [0.15, 0.2) is 69.9 Å². The molecule has 13 atom stereocenters. The van der Waals surface area contributed by atoms with Crippen LogP contribution >= 0.6 is 7.82 Å². The van der Waals surface area contributed by atoms with Crippen molar-refractivity contribution in [2.45, 2.75) is 127 Å². The number of nitrogens with one attached hydrogen (secondary N) is 1. The fraction of sp³-hybridized carbons (Fsp3) is 0.614. The van der Waals surface area contributed by atoms with E-state index in [1.54, 1.807) is 20.8 Å². The maximum absolute atomic E-state index is 17.7. The summed E-state index contributed by atoms with van der Waals surface area (Å²) in [6.45, 7) is 12.2. The molecule has 3 saturated carbocycles. The number of carbonyl (C=O) groups excluding carboxylic acids is 3. The second-order valence-corrected chi connectivity index (χ2v) is 26.4. The summed E-state index contributed by atoms with van der Waals surface area (Å²) in [7, 11) is -8.42. The molecule has 4 N–H and O–H groups in total. The number of nitro benzene ring substituents is 1. The van der Waals surface area contributed by atoms with Crippen molar-refractivity contribution < 1.29 is 71.1 Å². The number of nitro groups is 1. The average Bonchev–Trinajstić information content (AvgIpc) is 3.65. The molecule has 0 radical (unpaired) electrons. The zero-order valence-electron chi connectivity index (χ0n) is 38.3. The smallest absolute Gasteiger partial charge is 0.431 e. The van der Waals surface area contributed by atoms with Crippen LogP contribution in [0.5, 0.6) is 5.75 Å². The van der Waals surface area contributed by atoms with Gasteiger partial charge in [0, 0.05) is 41.1 Å². The number of phosphoric ester groups is 1. The molecule has 1 aromatic carbocycles. The number of aromatic amines is 1. The average molecular weight is 978 g/mol. The summed E-state index contributed by atoms with van der Waals surface area (Å²) in [6.07, 6.45) is -3.57. The number of aliphatic hydroxyl groups excluding tert-OH is 1. The van der Waals surface area contributed by atoms with Crippen molar-refractivity contribution in [2.24, 2.45) is 28.6 Å². The van der Waals surface area contributed by atoms with Crippen LogP contribution in [0.4, 0.5) is 14.9 Å². The first kappa shape index (κ1) is 50.4. The standard InChI is InChI=1S/C44H57FN3O17PSi/c1-24-19-30-29-14-9-25-20-27(49)15-17-41(25,5)43(29,45)32(50)21-42(30,6)44(24,55)33(51)23-61-66(58,59)64-35-31(22-60-39(54)62-28-12-10-26(11-13-28)48(56)57)63-37(47-18-16-34(52)46-38(47)53)36(35)65-67(7,8)40(2,3)4/h10-13,15-18,20,24,29-32,35-37,50,55H,9,14,19,21-23H2,1-8H3,(H,58,59)(H,46,52,53)/t24-,29+,30+,31-,32+,35?,36+,37-,41+,42+,43+,44+/m1/s1. The van der Waals surface area contributed by atoms with Crippen molar-refractivity contribution in [3.05, 3.63) is 91.3 Å². The fourth-order valence-electron chi connectivity index (χ4n) is 11.0. The van der Waals surface area contributed by atoms with Crippen molar-refractivity contribution in [3.8, 4) is 5.75 Å². The number of halogens is 1. The Morgan fingerprint density at radius 3 is 2.40 bits per heavy atom. The monoisotopic (exact) mass is 977 g/mol. The van der Waals surface area contributed by atoms with Crippen LogP contribution in [0.3, 0.4) is 0 Å². The van der Waals surface area contributed by atoms with E-state index < -0.39 is 133 Å². The maximum atomic E-state index is 17.7. The Kier molecular flexibility index (Phi) is 13.1. The molecular weight excluding hydrogens is 921 g/mol. The van der Waals surface area contributed by atoms with Gasteiger partial charge in [0.1, 0.15) is 42.9 Å². The van der Waals surface area contributed by atoms with Crippen molar-refractivity contribution in [1.29, 1.82) is 0 Å². The van der Waals surface area contributed by atoms with E-state index in [4.69, 9.17) is 27.7 Å². The molecule has 67 heavy (non-hydrogen) atoms. The number of H-pyrrole nitrogens is 1. The number of Topliss-reactive ketones (excluding diaryl/α,β-unsaturated/α-hetero) is 1. The molecule has 23 heteroatoms. The molecular formula is C44H57FN3O17PSi. The molecule has 4 aliphatic carbocycles. The highest BCUT2D eigenvalue weighted by atomic mass is 31.2. The molecule has 20 nitrogen and oxygen atoms in total. The lowest BCUT2D eigenvalue weighted by Crippen LogP contribution is -2.69. The normalized spacial score (nSPS) is 35.7. The Balaban J connectivity index is 1.15. The molecule has 366 valence electrons. The Morgan fingerprint density at radius 2 is 1.78 bits per heavy atom. The molecule has 7 rings (SSSR count). The molecule has 1 aromatic heterocycles. The van der Waals surface area contributed by atoms with Gasteiger partial charge in [-0.05, 0) is 86.9 Å². The number of ether oxygens (including phenoxy) is 3. The topological polar surface area (TPSA) is 282 Å². The number of phosphoric acid groups is 1. The minimum Gasteiger partial charge on any atom is -0.431 e. The van der Waals surface area contributed by atoms with Crippen LogP contribution in [0.2, 0.25) is 18.1 Å². The Bertz CT molecular complexity index is 2560. The van der Waals surface area contributed by atoms with Crippen molar-refractivity contribution in [2.75, 3.05) is 13.2 Å². The predicted molar refractivity (Wildman–Crippen MR) is 236 cm³/mol. The van der Waals surface area contributed by atoms with Gasteiger partial charge in [-0.25, -0.2) is 18.5 Å². The minimum absolute atomic E-state index is 0.131. The number of hydrogen-bond donors (Lipinski definition) is 4. The van der Waals surface area contributed by atoms with Gasteiger partial charge < -0.3 is 33.7 Å². The quantitative estimate of drug-likeness (QED) is 0.0490. The third kappa shape index (κ3) is 8.66. The van der Waals surface area contributed by atoms with Gasteiger partial charge >= 0.3 is 19.7 Å². The van der Waals surface area contributed by atoms with Gasteiger partial charge in [-0.3, -0.25) is 43.1 Å². The second kappa shape index (κ2) is 17.5. The number of aromatic nitrogens is 2. The van der Waals surface area contributed by atoms with E-state index in [9.17, 15) is 53.8 Å². The van der Waals surface area contributed by atoms with Gasteiger partial charge in [0.2, 0.25) is 0 Å². The number of aliphatic hydroxyl groups is 2. The summed E-state index contributed by atoms with van der Waals surface area (Å²) >= 11 is 0. The summed E-state index contributed by atoms with van der Waals surface area (Å²) in [4.78, 5) is 88.9. The highest BCUT2D eigenvalue weighted by Crippen LogP contribution is 2.71. The van der Waals surface area contributed by atoms with E-state index in [0.29, 0.717) is 12.0 Å². The van der Waals surface area contributed by atoms with E-state index in [0.717, 1.165) is 41.1 Å². The second-order valence-electron chi connectivity index (χ2n) is 20.2. The van der Waals surface area contributed by atoms with E-state index in [1.165, 1.54) is 18.2 Å². The summed E-state index contributed by atoms with van der Waals surface area (Å²) in [5.41, 5.74) is -8.72. The largest absolute Gasteiger partial charge is 0.513 e. The molecule has 2 unspecified atom stereocenters. The van der Waals surface area contributed by atoms with E-state index >= 15 is 4.39 Å². The van der Waals surface area contributed by atoms with Crippen LogP contribution in [-0.2, 0) is 37.1 Å². The van der Waals surface area contributed by atoms with Crippen LogP contribution < -0.4 is 16.0 Å². The summed E-state index contributed by atoms with van der Waals surface area (Å²) in [5.74, 6) is -3.76. The van der Waals surface area contributed by atoms with Crippen molar-refractivity contribution in [1.82, 2.24) is 9.55 Å². The van der Waals surface area contributed by atoms with Gasteiger partial charge in [0.05, 0.1) is 11.0 Å². The van der Waals surface area contributed by atoms with E-state index in [-0.39, 0.29) is 36.5 Å². The lowest BCUT2D eigenvalue weighted by molar-refractivity contribution is -0.384. The van der Waals surface area contributed by atoms with Crippen molar-refractivity contribution >= 4 is 39.5 Å². The number of allylic oxidation sites excluding steroid dienone is 4. The number of benzene rings is 1.